The van der Waals surface area contributed by atoms with Gasteiger partial charge in [0.15, 0.2) is 5.76 Å². The number of nitrogens with one attached hydrogen (secondary N) is 1. The van der Waals surface area contributed by atoms with E-state index in [9.17, 15) is 4.79 Å². The smallest absolute Gasteiger partial charge is 0.288 e. The molecule has 1 aromatic heterocycles. The average molecular weight is 206 g/mol. The number of amides is 1. The van der Waals surface area contributed by atoms with Crippen LogP contribution in [0.1, 0.15) is 30.2 Å². The second-order valence-corrected chi connectivity index (χ2v) is 3.73. The Labute approximate surface area is 88.9 Å². The van der Waals surface area contributed by atoms with Gasteiger partial charge in [-0.3, -0.25) is 4.79 Å². The number of rotatable bonds is 3. The zero-order valence-corrected chi connectivity index (χ0v) is 9.07. The number of nitriles is 1. The SMILES string of the molecule is Cc1ccc(C(=O)NC(C#N)C(C)C)o1. The molecule has 1 N–H and O–H groups in total. The zero-order valence-electron chi connectivity index (χ0n) is 9.07. The lowest BCUT2D eigenvalue weighted by atomic mass is 10.1. The molecule has 0 spiro atoms. The van der Waals surface area contributed by atoms with E-state index in [0.717, 1.165) is 0 Å². The Balaban J connectivity index is 2.68. The summed E-state index contributed by atoms with van der Waals surface area (Å²) >= 11 is 0. The number of carbonyl (C=O) groups excluding carboxylic acids is 1. The summed E-state index contributed by atoms with van der Waals surface area (Å²) in [5.41, 5.74) is 0. The molecule has 0 aliphatic carbocycles. The van der Waals surface area contributed by atoms with Crippen molar-refractivity contribution in [2.45, 2.75) is 26.8 Å². The van der Waals surface area contributed by atoms with Gasteiger partial charge in [-0.05, 0) is 25.0 Å². The Kier molecular flexibility index (Phi) is 3.51. The van der Waals surface area contributed by atoms with Gasteiger partial charge in [-0.15, -0.1) is 0 Å². The topological polar surface area (TPSA) is 66.0 Å². The van der Waals surface area contributed by atoms with Crippen LogP contribution in [-0.4, -0.2) is 11.9 Å². The van der Waals surface area contributed by atoms with E-state index < -0.39 is 6.04 Å². The predicted molar refractivity (Wildman–Crippen MR) is 55.2 cm³/mol. The lowest BCUT2D eigenvalue weighted by Gasteiger charge is -2.13. The summed E-state index contributed by atoms with van der Waals surface area (Å²) in [6.07, 6.45) is 0. The molecule has 0 bridgehead atoms. The van der Waals surface area contributed by atoms with E-state index in [1.807, 2.05) is 19.9 Å². The molecule has 0 aliphatic heterocycles. The van der Waals surface area contributed by atoms with Gasteiger partial charge in [0.05, 0.1) is 6.07 Å². The van der Waals surface area contributed by atoms with Crippen LogP contribution in [0.5, 0.6) is 0 Å². The summed E-state index contributed by atoms with van der Waals surface area (Å²) in [5, 5.41) is 11.4. The monoisotopic (exact) mass is 206 g/mol. The van der Waals surface area contributed by atoms with Crippen LogP contribution in [0.15, 0.2) is 16.5 Å². The van der Waals surface area contributed by atoms with Gasteiger partial charge in [0.1, 0.15) is 11.8 Å². The maximum atomic E-state index is 11.6. The molecular weight excluding hydrogens is 192 g/mol. The van der Waals surface area contributed by atoms with Crippen LogP contribution in [0.2, 0.25) is 0 Å². The largest absolute Gasteiger partial charge is 0.456 e. The first-order valence-corrected chi connectivity index (χ1v) is 4.81. The normalized spacial score (nSPS) is 12.2. The molecule has 4 heteroatoms. The van der Waals surface area contributed by atoms with Gasteiger partial charge in [0.25, 0.3) is 5.91 Å². The van der Waals surface area contributed by atoms with Gasteiger partial charge in [0, 0.05) is 0 Å². The molecule has 0 radical (unpaired) electrons. The highest BCUT2D eigenvalue weighted by atomic mass is 16.3. The second-order valence-electron chi connectivity index (χ2n) is 3.73. The molecule has 1 unspecified atom stereocenters. The summed E-state index contributed by atoms with van der Waals surface area (Å²) in [4.78, 5) is 11.6. The molecule has 0 fully saturated rings. The molecular formula is C11H14N2O2. The number of furan rings is 1. The van der Waals surface area contributed by atoms with E-state index in [1.165, 1.54) is 0 Å². The number of hydrogen-bond acceptors (Lipinski definition) is 3. The lowest BCUT2D eigenvalue weighted by Crippen LogP contribution is -2.37. The Morgan fingerprint density at radius 2 is 2.20 bits per heavy atom. The third kappa shape index (κ3) is 2.84. The van der Waals surface area contributed by atoms with Crippen molar-refractivity contribution in [3.05, 3.63) is 23.7 Å². The van der Waals surface area contributed by atoms with Crippen molar-refractivity contribution < 1.29 is 9.21 Å². The zero-order chi connectivity index (χ0) is 11.4. The minimum absolute atomic E-state index is 0.0787. The summed E-state index contributed by atoms with van der Waals surface area (Å²) in [5.74, 6) is 0.657. The highest BCUT2D eigenvalue weighted by Crippen LogP contribution is 2.07. The second kappa shape index (κ2) is 4.65. The molecule has 1 aromatic rings. The van der Waals surface area contributed by atoms with Crippen molar-refractivity contribution in [3.8, 4) is 6.07 Å². The molecule has 1 amide bonds. The number of nitrogens with zero attached hydrogens (tertiary/aromatic N) is 1. The maximum Gasteiger partial charge on any atom is 0.288 e. The van der Waals surface area contributed by atoms with E-state index in [2.05, 4.69) is 5.32 Å². The molecule has 0 aromatic carbocycles. The third-order valence-corrected chi connectivity index (χ3v) is 2.06. The van der Waals surface area contributed by atoms with Gasteiger partial charge in [-0.25, -0.2) is 0 Å². The van der Waals surface area contributed by atoms with Crippen LogP contribution < -0.4 is 5.32 Å². The van der Waals surface area contributed by atoms with Gasteiger partial charge in [-0.1, -0.05) is 13.8 Å². The Morgan fingerprint density at radius 1 is 1.53 bits per heavy atom. The van der Waals surface area contributed by atoms with Crippen LogP contribution in [0, 0.1) is 24.2 Å². The van der Waals surface area contributed by atoms with Crippen molar-refractivity contribution in [1.29, 1.82) is 5.26 Å². The minimum atomic E-state index is -0.483. The van der Waals surface area contributed by atoms with Gasteiger partial charge < -0.3 is 9.73 Å². The molecule has 1 atom stereocenters. The molecule has 0 saturated carbocycles. The fourth-order valence-electron chi connectivity index (χ4n) is 1.12. The highest BCUT2D eigenvalue weighted by molar-refractivity contribution is 5.91. The molecule has 0 saturated heterocycles. The van der Waals surface area contributed by atoms with Crippen LogP contribution in [-0.2, 0) is 0 Å². The maximum absolute atomic E-state index is 11.6. The van der Waals surface area contributed by atoms with Crippen molar-refractivity contribution in [2.75, 3.05) is 0 Å². The van der Waals surface area contributed by atoms with Gasteiger partial charge >= 0.3 is 0 Å². The van der Waals surface area contributed by atoms with Crippen molar-refractivity contribution in [1.82, 2.24) is 5.32 Å². The number of aryl methyl sites for hydroxylation is 1. The number of carbonyl (C=O) groups is 1. The molecule has 15 heavy (non-hydrogen) atoms. The van der Waals surface area contributed by atoms with Crippen LogP contribution >= 0.6 is 0 Å². The van der Waals surface area contributed by atoms with Crippen molar-refractivity contribution >= 4 is 5.91 Å². The highest BCUT2D eigenvalue weighted by Gasteiger charge is 2.18. The first-order chi connectivity index (χ1) is 7.04. The summed E-state index contributed by atoms with van der Waals surface area (Å²) in [7, 11) is 0. The first kappa shape index (κ1) is 11.3. The average Bonchev–Trinajstić information content (AvgIpc) is 2.60. The third-order valence-electron chi connectivity index (χ3n) is 2.06. The fraction of sp³-hybridized carbons (Fsp3) is 0.455. The van der Waals surface area contributed by atoms with Crippen LogP contribution in [0.3, 0.4) is 0 Å². The predicted octanol–water partition coefficient (Wildman–Crippen LogP) is 1.87. The fourth-order valence-corrected chi connectivity index (χ4v) is 1.12. The van der Waals surface area contributed by atoms with E-state index in [0.29, 0.717) is 5.76 Å². The molecule has 80 valence electrons. The molecule has 0 aliphatic rings. The Morgan fingerprint density at radius 3 is 2.60 bits per heavy atom. The Bertz CT molecular complexity index is 388. The van der Waals surface area contributed by atoms with Crippen LogP contribution in [0.25, 0.3) is 0 Å². The summed E-state index contributed by atoms with van der Waals surface area (Å²) in [6.45, 7) is 5.52. The van der Waals surface area contributed by atoms with Crippen molar-refractivity contribution in [3.63, 3.8) is 0 Å². The van der Waals surface area contributed by atoms with E-state index in [4.69, 9.17) is 9.68 Å². The van der Waals surface area contributed by atoms with E-state index >= 15 is 0 Å². The van der Waals surface area contributed by atoms with Gasteiger partial charge in [0.2, 0.25) is 0 Å². The van der Waals surface area contributed by atoms with Gasteiger partial charge in [-0.2, -0.15) is 5.26 Å². The minimum Gasteiger partial charge on any atom is -0.456 e. The number of hydrogen-bond donors (Lipinski definition) is 1. The standard InChI is InChI=1S/C11H14N2O2/c1-7(2)9(6-12)13-11(14)10-5-4-8(3)15-10/h4-5,7,9H,1-3H3,(H,13,14). The molecule has 4 nitrogen and oxygen atoms in total. The molecule has 1 heterocycles. The van der Waals surface area contributed by atoms with Crippen molar-refractivity contribution in [2.24, 2.45) is 5.92 Å². The summed E-state index contributed by atoms with van der Waals surface area (Å²) < 4.78 is 5.15. The van der Waals surface area contributed by atoms with Crippen LogP contribution in [0.4, 0.5) is 0 Å². The Hall–Kier alpha value is -1.76. The lowest BCUT2D eigenvalue weighted by molar-refractivity contribution is 0.0908. The quantitative estimate of drug-likeness (QED) is 0.820. The van der Waals surface area contributed by atoms with E-state index in [1.54, 1.807) is 19.1 Å². The molecule has 1 rings (SSSR count). The van der Waals surface area contributed by atoms with E-state index in [-0.39, 0.29) is 17.6 Å². The first-order valence-electron chi connectivity index (χ1n) is 4.81. The summed E-state index contributed by atoms with van der Waals surface area (Å²) in [6, 6.07) is 4.86.